The quantitative estimate of drug-likeness (QED) is 0.371. The molecule has 0 aliphatic carbocycles. The Hall–Kier alpha value is -1.38. The van der Waals surface area contributed by atoms with Crippen LogP contribution < -0.4 is 10.6 Å². The molecular weight excluding hydrogens is 434 g/mol. The molecule has 1 rings (SSSR count). The van der Waals surface area contributed by atoms with Crippen LogP contribution in [0.2, 0.25) is 0 Å². The van der Waals surface area contributed by atoms with E-state index in [-0.39, 0.29) is 47.7 Å². The Labute approximate surface area is 167 Å². The molecule has 0 heterocycles. The molecule has 5 nitrogen and oxygen atoms in total. The molecule has 0 radical (unpaired) electrons. The standard InChI is InChI=1S/C18H29FN4O.HI/c1-6-10-20-17(21-12-16(24)23(4)5)22-13-18(2,3)14-8-7-9-15(19)11-14;/h7-9,11H,6,10,12-13H2,1-5H3,(H2,20,21,22);1H. The van der Waals surface area contributed by atoms with Gasteiger partial charge in [-0.15, -0.1) is 24.0 Å². The number of hydrogen-bond donors (Lipinski definition) is 2. The maximum atomic E-state index is 13.4. The summed E-state index contributed by atoms with van der Waals surface area (Å²) >= 11 is 0. The summed E-state index contributed by atoms with van der Waals surface area (Å²) in [4.78, 5) is 17.5. The van der Waals surface area contributed by atoms with Gasteiger partial charge in [-0.1, -0.05) is 32.9 Å². The largest absolute Gasteiger partial charge is 0.356 e. The van der Waals surface area contributed by atoms with E-state index in [1.165, 1.54) is 11.0 Å². The van der Waals surface area contributed by atoms with Gasteiger partial charge in [0.1, 0.15) is 12.4 Å². The van der Waals surface area contributed by atoms with E-state index in [1.54, 1.807) is 26.2 Å². The van der Waals surface area contributed by atoms with Crippen molar-refractivity contribution in [2.75, 3.05) is 33.7 Å². The zero-order valence-electron chi connectivity index (χ0n) is 15.7. The molecule has 0 saturated carbocycles. The van der Waals surface area contributed by atoms with Crippen molar-refractivity contribution < 1.29 is 9.18 Å². The third-order valence-corrected chi connectivity index (χ3v) is 3.72. The molecule has 1 amide bonds. The molecule has 1 aromatic rings. The average molecular weight is 464 g/mol. The molecule has 0 aromatic heterocycles. The molecule has 142 valence electrons. The lowest BCUT2D eigenvalue weighted by Gasteiger charge is -2.27. The first-order chi connectivity index (χ1) is 11.3. The second-order valence-corrected chi connectivity index (χ2v) is 6.63. The van der Waals surface area contributed by atoms with Crippen molar-refractivity contribution in [1.82, 2.24) is 15.5 Å². The summed E-state index contributed by atoms with van der Waals surface area (Å²) in [5, 5.41) is 6.45. The molecule has 0 unspecified atom stereocenters. The number of hydrogen-bond acceptors (Lipinski definition) is 2. The third kappa shape index (κ3) is 8.51. The van der Waals surface area contributed by atoms with Crippen LogP contribution in [0.4, 0.5) is 4.39 Å². The van der Waals surface area contributed by atoms with Gasteiger partial charge < -0.3 is 15.5 Å². The highest BCUT2D eigenvalue weighted by Gasteiger charge is 2.21. The summed E-state index contributed by atoms with van der Waals surface area (Å²) in [5.74, 6) is 0.295. The first kappa shape index (κ1) is 23.6. The van der Waals surface area contributed by atoms with Gasteiger partial charge in [0.25, 0.3) is 0 Å². The van der Waals surface area contributed by atoms with Crippen LogP contribution in [0.25, 0.3) is 0 Å². The van der Waals surface area contributed by atoms with E-state index in [9.17, 15) is 9.18 Å². The van der Waals surface area contributed by atoms with E-state index >= 15 is 0 Å². The normalized spacial score (nSPS) is 11.5. The van der Waals surface area contributed by atoms with Gasteiger partial charge in [-0.2, -0.15) is 0 Å². The number of nitrogens with zero attached hydrogens (tertiary/aromatic N) is 2. The Balaban J connectivity index is 0.00000576. The van der Waals surface area contributed by atoms with Gasteiger partial charge in [-0.3, -0.25) is 4.79 Å². The maximum Gasteiger partial charge on any atom is 0.243 e. The Morgan fingerprint density at radius 1 is 1.28 bits per heavy atom. The van der Waals surface area contributed by atoms with Crippen LogP contribution in [0.15, 0.2) is 29.3 Å². The summed E-state index contributed by atoms with van der Waals surface area (Å²) in [5.41, 5.74) is 0.636. The number of halogens is 2. The van der Waals surface area contributed by atoms with Gasteiger partial charge >= 0.3 is 0 Å². The van der Waals surface area contributed by atoms with Crippen LogP contribution in [0.3, 0.4) is 0 Å². The summed E-state index contributed by atoms with van der Waals surface area (Å²) < 4.78 is 13.4. The molecule has 25 heavy (non-hydrogen) atoms. The lowest BCUT2D eigenvalue weighted by atomic mass is 9.84. The van der Waals surface area contributed by atoms with Gasteiger partial charge in [0.05, 0.1) is 0 Å². The second kappa shape index (κ2) is 11.3. The highest BCUT2D eigenvalue weighted by atomic mass is 127. The van der Waals surface area contributed by atoms with E-state index in [1.807, 2.05) is 19.9 Å². The van der Waals surface area contributed by atoms with E-state index in [2.05, 4.69) is 22.5 Å². The van der Waals surface area contributed by atoms with Gasteiger partial charge in [-0.25, -0.2) is 9.38 Å². The van der Waals surface area contributed by atoms with Crippen molar-refractivity contribution in [2.24, 2.45) is 4.99 Å². The zero-order chi connectivity index (χ0) is 18.2. The number of guanidine groups is 1. The number of nitrogens with one attached hydrogen (secondary N) is 2. The molecule has 0 aliphatic heterocycles. The van der Waals surface area contributed by atoms with Crippen LogP contribution in [0, 0.1) is 5.82 Å². The van der Waals surface area contributed by atoms with Crippen LogP contribution >= 0.6 is 24.0 Å². The van der Waals surface area contributed by atoms with E-state index in [4.69, 9.17) is 0 Å². The van der Waals surface area contributed by atoms with Crippen LogP contribution in [0.5, 0.6) is 0 Å². The van der Waals surface area contributed by atoms with Crippen LogP contribution in [0.1, 0.15) is 32.8 Å². The molecule has 0 spiro atoms. The predicted octanol–water partition coefficient (Wildman–Crippen LogP) is 2.75. The minimum absolute atomic E-state index is 0. The summed E-state index contributed by atoms with van der Waals surface area (Å²) in [6.45, 7) is 7.57. The summed E-state index contributed by atoms with van der Waals surface area (Å²) in [7, 11) is 3.41. The van der Waals surface area contributed by atoms with Gasteiger partial charge in [0.2, 0.25) is 5.91 Å². The highest BCUT2D eigenvalue weighted by molar-refractivity contribution is 14.0. The Morgan fingerprint density at radius 2 is 1.96 bits per heavy atom. The molecule has 0 saturated heterocycles. The lowest BCUT2D eigenvalue weighted by molar-refractivity contribution is -0.127. The molecule has 0 fully saturated rings. The number of carbonyl (C=O) groups excluding carboxylic acids is 1. The number of benzene rings is 1. The minimum atomic E-state index is -0.275. The average Bonchev–Trinajstić information content (AvgIpc) is 2.53. The van der Waals surface area contributed by atoms with Crippen molar-refractivity contribution in [3.8, 4) is 0 Å². The molecule has 0 bridgehead atoms. The van der Waals surface area contributed by atoms with Gasteiger partial charge in [0.15, 0.2) is 5.96 Å². The van der Waals surface area contributed by atoms with E-state index in [0.717, 1.165) is 18.5 Å². The Morgan fingerprint density at radius 3 is 2.52 bits per heavy atom. The van der Waals surface area contributed by atoms with Crippen molar-refractivity contribution in [3.05, 3.63) is 35.6 Å². The van der Waals surface area contributed by atoms with Crippen LogP contribution in [-0.2, 0) is 10.2 Å². The summed E-state index contributed by atoms with van der Waals surface area (Å²) in [6.07, 6.45) is 0.954. The van der Waals surface area contributed by atoms with Crippen molar-refractivity contribution in [3.63, 3.8) is 0 Å². The van der Waals surface area contributed by atoms with Gasteiger partial charge in [0, 0.05) is 32.6 Å². The zero-order valence-corrected chi connectivity index (χ0v) is 18.1. The fourth-order valence-corrected chi connectivity index (χ4v) is 2.02. The minimum Gasteiger partial charge on any atom is -0.356 e. The molecule has 7 heteroatoms. The van der Waals surface area contributed by atoms with E-state index in [0.29, 0.717) is 12.5 Å². The maximum absolute atomic E-state index is 13.4. The molecule has 1 aromatic carbocycles. The monoisotopic (exact) mass is 464 g/mol. The van der Waals surface area contributed by atoms with E-state index < -0.39 is 0 Å². The number of amides is 1. The van der Waals surface area contributed by atoms with Gasteiger partial charge in [-0.05, 0) is 24.1 Å². The molecular formula is C18H30FIN4O. The molecule has 0 atom stereocenters. The lowest BCUT2D eigenvalue weighted by Crippen LogP contribution is -2.44. The summed E-state index contributed by atoms with van der Waals surface area (Å²) in [6, 6.07) is 6.62. The van der Waals surface area contributed by atoms with Crippen molar-refractivity contribution in [2.45, 2.75) is 32.6 Å². The molecule has 2 N–H and O–H groups in total. The number of aliphatic imine (C=N–C) groups is 1. The van der Waals surface area contributed by atoms with Crippen LogP contribution in [-0.4, -0.2) is 50.5 Å². The third-order valence-electron chi connectivity index (χ3n) is 3.72. The van der Waals surface area contributed by atoms with Crippen molar-refractivity contribution >= 4 is 35.8 Å². The Bertz CT molecular complexity index is 576. The fourth-order valence-electron chi connectivity index (χ4n) is 2.02. The number of carbonyl (C=O) groups is 1. The predicted molar refractivity (Wildman–Crippen MR) is 112 cm³/mol. The number of rotatable bonds is 7. The topological polar surface area (TPSA) is 56.7 Å². The fraction of sp³-hybridized carbons (Fsp3) is 0.556. The highest BCUT2D eigenvalue weighted by Crippen LogP contribution is 2.22. The number of likely N-dealkylation sites (N-methyl/N-ethyl adjacent to an activating group) is 1. The first-order valence-electron chi connectivity index (χ1n) is 8.24. The second-order valence-electron chi connectivity index (χ2n) is 6.63. The Kier molecular flexibility index (Phi) is 10.7. The first-order valence-corrected chi connectivity index (χ1v) is 8.24. The smallest absolute Gasteiger partial charge is 0.243 e. The van der Waals surface area contributed by atoms with Crippen molar-refractivity contribution in [1.29, 1.82) is 0 Å². The SMILES string of the molecule is CCCNC(=NCC(=O)N(C)C)NCC(C)(C)c1cccc(F)c1.I. The molecule has 0 aliphatic rings.